The fourth-order valence-electron chi connectivity index (χ4n) is 1.80. The van der Waals surface area contributed by atoms with Crippen molar-refractivity contribution in [3.8, 4) is 0 Å². The first-order valence-corrected chi connectivity index (χ1v) is 5.18. The van der Waals surface area contributed by atoms with Gasteiger partial charge in [0.25, 0.3) is 5.91 Å². The molecular weight excluding hydrogens is 192 g/mol. The zero-order valence-corrected chi connectivity index (χ0v) is 9.33. The van der Waals surface area contributed by atoms with Gasteiger partial charge in [-0.3, -0.25) is 4.79 Å². The van der Waals surface area contributed by atoms with Gasteiger partial charge < -0.3 is 9.84 Å². The molecule has 2 rings (SSSR count). The van der Waals surface area contributed by atoms with Crippen LogP contribution in [0.2, 0.25) is 0 Å². The quantitative estimate of drug-likeness (QED) is 0.808. The van der Waals surface area contributed by atoms with E-state index in [9.17, 15) is 4.79 Å². The number of hydrogen-bond acceptors (Lipinski definition) is 3. The molecular formula is C11H16N2O2. The van der Waals surface area contributed by atoms with Crippen molar-refractivity contribution in [2.24, 2.45) is 5.41 Å². The first-order valence-electron chi connectivity index (χ1n) is 5.18. The summed E-state index contributed by atoms with van der Waals surface area (Å²) in [6.07, 6.45) is 3.49. The Morgan fingerprint density at radius 1 is 1.53 bits per heavy atom. The Labute approximate surface area is 89.0 Å². The predicted molar refractivity (Wildman–Crippen MR) is 55.4 cm³/mol. The molecule has 1 heterocycles. The maximum Gasteiger partial charge on any atom is 0.273 e. The van der Waals surface area contributed by atoms with E-state index < -0.39 is 0 Å². The normalized spacial score (nSPS) is 18.6. The molecule has 1 fully saturated rings. The number of carbonyl (C=O) groups is 1. The Hall–Kier alpha value is -1.32. The molecule has 0 bridgehead atoms. The minimum Gasteiger partial charge on any atom is -0.364 e. The maximum atomic E-state index is 11.8. The Morgan fingerprint density at radius 2 is 2.20 bits per heavy atom. The summed E-state index contributed by atoms with van der Waals surface area (Å²) in [5.41, 5.74) is 0.389. The van der Waals surface area contributed by atoms with Crippen molar-refractivity contribution in [3.63, 3.8) is 0 Å². The first kappa shape index (κ1) is 10.2. The van der Waals surface area contributed by atoms with Crippen LogP contribution in [0.15, 0.2) is 16.9 Å². The van der Waals surface area contributed by atoms with Crippen LogP contribution in [0, 0.1) is 5.41 Å². The van der Waals surface area contributed by atoms with Gasteiger partial charge in [0.15, 0.2) is 5.69 Å². The zero-order chi connectivity index (χ0) is 11.1. The van der Waals surface area contributed by atoms with Crippen LogP contribution in [-0.4, -0.2) is 16.6 Å². The van der Waals surface area contributed by atoms with Crippen molar-refractivity contribution in [3.05, 3.63) is 18.0 Å². The highest BCUT2D eigenvalue weighted by molar-refractivity contribution is 5.92. The van der Waals surface area contributed by atoms with Gasteiger partial charge in [0.05, 0.1) is 0 Å². The Bertz CT molecular complexity index is 358. The Morgan fingerprint density at radius 3 is 2.60 bits per heavy atom. The monoisotopic (exact) mass is 208 g/mol. The number of hydrogen-bond donors (Lipinski definition) is 1. The molecule has 1 aromatic heterocycles. The van der Waals surface area contributed by atoms with Crippen molar-refractivity contribution < 1.29 is 9.32 Å². The van der Waals surface area contributed by atoms with E-state index in [1.165, 1.54) is 6.26 Å². The van der Waals surface area contributed by atoms with Gasteiger partial charge in [0.1, 0.15) is 6.26 Å². The molecule has 0 aromatic carbocycles. The van der Waals surface area contributed by atoms with Gasteiger partial charge in [0.2, 0.25) is 0 Å². The van der Waals surface area contributed by atoms with Crippen LogP contribution >= 0.6 is 0 Å². The third-order valence-electron chi connectivity index (χ3n) is 3.21. The minimum atomic E-state index is -0.142. The van der Waals surface area contributed by atoms with Gasteiger partial charge in [-0.2, -0.15) is 0 Å². The molecule has 1 amide bonds. The van der Waals surface area contributed by atoms with Gasteiger partial charge in [-0.05, 0) is 18.3 Å². The SMILES string of the molecule is CC(C)(C)C1(NC(=O)c2ccon2)CC1. The molecule has 0 aliphatic heterocycles. The largest absolute Gasteiger partial charge is 0.364 e. The molecule has 0 radical (unpaired) electrons. The highest BCUT2D eigenvalue weighted by Gasteiger charge is 2.53. The molecule has 0 unspecified atom stereocenters. The molecule has 0 spiro atoms. The van der Waals surface area contributed by atoms with Crippen LogP contribution in [0.25, 0.3) is 0 Å². The van der Waals surface area contributed by atoms with E-state index in [-0.39, 0.29) is 16.9 Å². The average Bonchev–Trinajstić information content (AvgIpc) is 2.74. The highest BCUT2D eigenvalue weighted by atomic mass is 16.5. The van der Waals surface area contributed by atoms with Crippen LogP contribution in [0.1, 0.15) is 44.1 Å². The first-order chi connectivity index (χ1) is 6.95. The van der Waals surface area contributed by atoms with E-state index >= 15 is 0 Å². The zero-order valence-electron chi connectivity index (χ0n) is 9.33. The molecule has 4 nitrogen and oxygen atoms in total. The molecule has 1 saturated carbocycles. The topological polar surface area (TPSA) is 55.1 Å². The molecule has 15 heavy (non-hydrogen) atoms. The molecule has 1 N–H and O–H groups in total. The Balaban J connectivity index is 2.08. The van der Waals surface area contributed by atoms with E-state index in [0.717, 1.165) is 12.8 Å². The van der Waals surface area contributed by atoms with Crippen molar-refractivity contribution in [1.82, 2.24) is 10.5 Å². The second-order valence-corrected chi connectivity index (χ2v) is 5.17. The summed E-state index contributed by atoms with van der Waals surface area (Å²) in [6.45, 7) is 6.43. The fraction of sp³-hybridized carbons (Fsp3) is 0.636. The van der Waals surface area contributed by atoms with Crippen LogP contribution in [0.5, 0.6) is 0 Å². The van der Waals surface area contributed by atoms with Crippen molar-refractivity contribution >= 4 is 5.91 Å². The fourth-order valence-corrected chi connectivity index (χ4v) is 1.80. The van der Waals surface area contributed by atoms with Crippen molar-refractivity contribution in [1.29, 1.82) is 0 Å². The summed E-state index contributed by atoms with van der Waals surface area (Å²) in [5, 5.41) is 6.67. The molecule has 0 atom stereocenters. The number of amides is 1. The van der Waals surface area contributed by atoms with Gasteiger partial charge in [0, 0.05) is 11.6 Å². The molecule has 82 valence electrons. The number of nitrogens with zero attached hydrogens (tertiary/aromatic N) is 1. The van der Waals surface area contributed by atoms with E-state index in [1.807, 2.05) is 0 Å². The van der Waals surface area contributed by atoms with E-state index in [2.05, 4.69) is 35.8 Å². The van der Waals surface area contributed by atoms with Crippen LogP contribution in [-0.2, 0) is 0 Å². The summed E-state index contributed by atoms with van der Waals surface area (Å²) in [6, 6.07) is 1.58. The smallest absolute Gasteiger partial charge is 0.273 e. The average molecular weight is 208 g/mol. The second kappa shape index (κ2) is 3.08. The van der Waals surface area contributed by atoms with Crippen molar-refractivity contribution in [2.45, 2.75) is 39.2 Å². The lowest BCUT2D eigenvalue weighted by Crippen LogP contribution is -2.46. The molecule has 1 aliphatic carbocycles. The van der Waals surface area contributed by atoms with E-state index in [1.54, 1.807) is 6.07 Å². The summed E-state index contributed by atoms with van der Waals surface area (Å²) >= 11 is 0. The number of nitrogens with one attached hydrogen (secondary N) is 1. The summed E-state index contributed by atoms with van der Waals surface area (Å²) < 4.78 is 4.65. The number of rotatable bonds is 2. The van der Waals surface area contributed by atoms with Crippen LogP contribution < -0.4 is 5.32 Å². The van der Waals surface area contributed by atoms with Crippen LogP contribution in [0.3, 0.4) is 0 Å². The van der Waals surface area contributed by atoms with Crippen molar-refractivity contribution in [2.75, 3.05) is 0 Å². The molecule has 4 heteroatoms. The Kier molecular flexibility index (Phi) is 2.10. The third-order valence-corrected chi connectivity index (χ3v) is 3.21. The summed E-state index contributed by atoms with van der Waals surface area (Å²) in [4.78, 5) is 11.8. The van der Waals surface area contributed by atoms with Gasteiger partial charge in [-0.15, -0.1) is 0 Å². The lowest BCUT2D eigenvalue weighted by molar-refractivity contribution is 0.0879. The van der Waals surface area contributed by atoms with Gasteiger partial charge >= 0.3 is 0 Å². The third kappa shape index (κ3) is 1.76. The molecule has 1 aliphatic rings. The maximum absolute atomic E-state index is 11.8. The highest BCUT2D eigenvalue weighted by Crippen LogP contribution is 2.49. The van der Waals surface area contributed by atoms with Gasteiger partial charge in [-0.25, -0.2) is 0 Å². The number of carbonyl (C=O) groups excluding carboxylic acids is 1. The predicted octanol–water partition coefficient (Wildman–Crippen LogP) is 1.98. The summed E-state index contributed by atoms with van der Waals surface area (Å²) in [7, 11) is 0. The molecule has 0 saturated heterocycles. The van der Waals surface area contributed by atoms with Crippen LogP contribution in [0.4, 0.5) is 0 Å². The lowest BCUT2D eigenvalue weighted by atomic mass is 9.84. The molecule has 1 aromatic rings. The lowest BCUT2D eigenvalue weighted by Gasteiger charge is -2.31. The van der Waals surface area contributed by atoms with Gasteiger partial charge in [-0.1, -0.05) is 25.9 Å². The second-order valence-electron chi connectivity index (χ2n) is 5.17. The standard InChI is InChI=1S/C11H16N2O2/c1-10(2,3)11(5-6-11)12-9(14)8-4-7-15-13-8/h4,7H,5-6H2,1-3H3,(H,12,14). The minimum absolute atomic E-state index is 0.0525. The van der Waals surface area contributed by atoms with E-state index in [0.29, 0.717) is 5.69 Å². The number of aromatic nitrogens is 1. The summed E-state index contributed by atoms with van der Waals surface area (Å²) in [5.74, 6) is -0.142. The van der Waals surface area contributed by atoms with E-state index in [4.69, 9.17) is 0 Å².